The van der Waals surface area contributed by atoms with E-state index in [9.17, 15) is 9.59 Å². The zero-order chi connectivity index (χ0) is 12.3. The normalized spacial score (nSPS) is 21.6. The van der Waals surface area contributed by atoms with E-state index in [1.807, 2.05) is 0 Å². The van der Waals surface area contributed by atoms with E-state index in [4.69, 9.17) is 9.84 Å². The van der Waals surface area contributed by atoms with Crippen LogP contribution in [0.25, 0.3) is 0 Å². The standard InChI is InChI=1S/C11H19NO4/c1-11(2)6-9(14)12(10(11)15)8(4-5-13)7-16-3/h8,13H,4-7H2,1-3H3. The largest absolute Gasteiger partial charge is 0.396 e. The molecule has 0 spiro atoms. The first-order chi connectivity index (χ1) is 7.44. The first-order valence-electron chi connectivity index (χ1n) is 5.40. The number of hydrogen-bond donors (Lipinski definition) is 1. The first kappa shape index (κ1) is 13.1. The maximum Gasteiger partial charge on any atom is 0.235 e. The maximum atomic E-state index is 12.0. The average Bonchev–Trinajstić information content (AvgIpc) is 2.36. The van der Waals surface area contributed by atoms with Crippen LogP contribution in [0.3, 0.4) is 0 Å². The van der Waals surface area contributed by atoms with Crippen LogP contribution in [-0.4, -0.2) is 48.2 Å². The third-order valence-electron chi connectivity index (χ3n) is 2.85. The van der Waals surface area contributed by atoms with Gasteiger partial charge in [-0.25, -0.2) is 0 Å². The summed E-state index contributed by atoms with van der Waals surface area (Å²) in [5.41, 5.74) is -0.626. The Hall–Kier alpha value is -0.940. The van der Waals surface area contributed by atoms with Crippen molar-refractivity contribution in [2.45, 2.75) is 32.7 Å². The van der Waals surface area contributed by atoms with E-state index in [1.54, 1.807) is 13.8 Å². The molecule has 16 heavy (non-hydrogen) atoms. The molecule has 0 aromatic rings. The second-order valence-corrected chi connectivity index (χ2v) is 4.75. The highest BCUT2D eigenvalue weighted by Gasteiger charge is 2.47. The van der Waals surface area contributed by atoms with Crippen molar-refractivity contribution in [3.05, 3.63) is 0 Å². The fourth-order valence-electron chi connectivity index (χ4n) is 1.98. The van der Waals surface area contributed by atoms with Gasteiger partial charge >= 0.3 is 0 Å². The third-order valence-corrected chi connectivity index (χ3v) is 2.85. The molecule has 5 heteroatoms. The Balaban J connectivity index is 2.84. The fraction of sp³-hybridized carbons (Fsp3) is 0.818. The van der Waals surface area contributed by atoms with Crippen LogP contribution in [0.1, 0.15) is 26.7 Å². The summed E-state index contributed by atoms with van der Waals surface area (Å²) in [6, 6.07) is -0.350. The summed E-state index contributed by atoms with van der Waals surface area (Å²) in [5, 5.41) is 8.92. The van der Waals surface area contributed by atoms with E-state index in [2.05, 4.69) is 0 Å². The third kappa shape index (κ3) is 2.41. The summed E-state index contributed by atoms with van der Waals surface area (Å²) >= 11 is 0. The van der Waals surface area contributed by atoms with Crippen LogP contribution in [-0.2, 0) is 14.3 Å². The Morgan fingerprint density at radius 2 is 2.12 bits per heavy atom. The van der Waals surface area contributed by atoms with Crippen LogP contribution >= 0.6 is 0 Å². The number of imide groups is 1. The van der Waals surface area contributed by atoms with Crippen molar-refractivity contribution < 1.29 is 19.4 Å². The summed E-state index contributed by atoms with van der Waals surface area (Å²) in [4.78, 5) is 25.0. The van der Waals surface area contributed by atoms with Crippen LogP contribution in [0, 0.1) is 5.41 Å². The number of aliphatic hydroxyl groups is 1. The Labute approximate surface area is 95.4 Å². The lowest BCUT2D eigenvalue weighted by Crippen LogP contribution is -2.44. The van der Waals surface area contributed by atoms with Crippen molar-refractivity contribution in [3.63, 3.8) is 0 Å². The van der Waals surface area contributed by atoms with Crippen LogP contribution in [0.5, 0.6) is 0 Å². The summed E-state index contributed by atoms with van der Waals surface area (Å²) < 4.78 is 4.98. The number of carbonyl (C=O) groups excluding carboxylic acids is 2. The molecule has 1 unspecified atom stereocenters. The SMILES string of the molecule is COCC(CCO)N1C(=O)CC(C)(C)C1=O. The number of ether oxygens (including phenoxy) is 1. The Morgan fingerprint density at radius 1 is 1.50 bits per heavy atom. The lowest BCUT2D eigenvalue weighted by molar-refractivity contribution is -0.145. The van der Waals surface area contributed by atoms with Crippen LogP contribution in [0.2, 0.25) is 0 Å². The van der Waals surface area contributed by atoms with Crippen LogP contribution < -0.4 is 0 Å². The molecule has 1 saturated heterocycles. The van der Waals surface area contributed by atoms with Crippen molar-refractivity contribution >= 4 is 11.8 Å². The van der Waals surface area contributed by atoms with Crippen molar-refractivity contribution in [3.8, 4) is 0 Å². The Morgan fingerprint density at radius 3 is 2.50 bits per heavy atom. The van der Waals surface area contributed by atoms with Gasteiger partial charge in [-0.3, -0.25) is 14.5 Å². The Bertz CT molecular complexity index is 282. The molecule has 1 fully saturated rings. The van der Waals surface area contributed by atoms with Crippen molar-refractivity contribution in [2.24, 2.45) is 5.41 Å². The minimum atomic E-state index is -0.626. The fourth-order valence-corrected chi connectivity index (χ4v) is 1.98. The molecule has 1 aliphatic rings. The van der Waals surface area contributed by atoms with Crippen molar-refractivity contribution in [1.29, 1.82) is 0 Å². The van der Waals surface area contributed by atoms with Crippen molar-refractivity contribution in [1.82, 2.24) is 4.90 Å². The highest BCUT2D eigenvalue weighted by molar-refractivity contribution is 6.05. The Kier molecular flexibility index (Phi) is 4.04. The molecule has 1 rings (SSSR count). The zero-order valence-corrected chi connectivity index (χ0v) is 10.0. The summed E-state index contributed by atoms with van der Waals surface area (Å²) in [6.45, 7) is 3.73. The molecule has 1 N–H and O–H groups in total. The van der Waals surface area contributed by atoms with E-state index in [0.29, 0.717) is 6.42 Å². The number of aliphatic hydroxyl groups excluding tert-OH is 1. The van der Waals surface area contributed by atoms with Gasteiger partial charge in [0.1, 0.15) is 0 Å². The molecule has 1 aliphatic heterocycles. The highest BCUT2D eigenvalue weighted by Crippen LogP contribution is 2.33. The smallest absolute Gasteiger partial charge is 0.235 e. The van der Waals surface area contributed by atoms with Gasteiger partial charge in [0, 0.05) is 20.1 Å². The molecule has 1 heterocycles. The van der Waals surface area contributed by atoms with E-state index in [-0.39, 0.29) is 37.5 Å². The van der Waals surface area contributed by atoms with Gasteiger partial charge in [-0.15, -0.1) is 0 Å². The van der Waals surface area contributed by atoms with Crippen LogP contribution in [0.15, 0.2) is 0 Å². The molecular weight excluding hydrogens is 210 g/mol. The van der Waals surface area contributed by atoms with Gasteiger partial charge < -0.3 is 9.84 Å². The molecule has 92 valence electrons. The maximum absolute atomic E-state index is 12.0. The quantitative estimate of drug-likeness (QED) is 0.682. The molecule has 5 nitrogen and oxygen atoms in total. The van der Waals surface area contributed by atoms with E-state index < -0.39 is 5.41 Å². The molecule has 1 atom stereocenters. The number of rotatable bonds is 5. The minimum absolute atomic E-state index is 0.0640. The number of nitrogens with zero attached hydrogens (tertiary/aromatic N) is 1. The van der Waals surface area contributed by atoms with Gasteiger partial charge in [-0.2, -0.15) is 0 Å². The monoisotopic (exact) mass is 229 g/mol. The van der Waals surface area contributed by atoms with Gasteiger partial charge in [0.2, 0.25) is 11.8 Å². The van der Waals surface area contributed by atoms with E-state index in [1.165, 1.54) is 12.0 Å². The second-order valence-electron chi connectivity index (χ2n) is 4.75. The average molecular weight is 229 g/mol. The predicted molar refractivity (Wildman–Crippen MR) is 57.6 cm³/mol. The molecular formula is C11H19NO4. The number of likely N-dealkylation sites (tertiary alicyclic amines) is 1. The molecule has 0 bridgehead atoms. The van der Waals surface area contributed by atoms with E-state index in [0.717, 1.165) is 0 Å². The van der Waals surface area contributed by atoms with Gasteiger partial charge in [0.25, 0.3) is 0 Å². The number of carbonyl (C=O) groups is 2. The lowest BCUT2D eigenvalue weighted by Gasteiger charge is -2.26. The number of methoxy groups -OCH3 is 1. The van der Waals surface area contributed by atoms with Gasteiger partial charge in [-0.1, -0.05) is 13.8 Å². The molecule has 0 aromatic carbocycles. The summed E-state index contributed by atoms with van der Waals surface area (Å²) in [5.74, 6) is -0.349. The second kappa shape index (κ2) is 4.93. The molecule has 0 radical (unpaired) electrons. The highest BCUT2D eigenvalue weighted by atomic mass is 16.5. The summed E-state index contributed by atoms with van der Waals surface area (Å²) in [6.07, 6.45) is 0.596. The lowest BCUT2D eigenvalue weighted by atomic mass is 9.92. The number of amides is 2. The molecule has 0 aliphatic carbocycles. The van der Waals surface area contributed by atoms with Gasteiger partial charge in [0.15, 0.2) is 0 Å². The first-order valence-corrected chi connectivity index (χ1v) is 5.40. The molecule has 2 amide bonds. The number of hydrogen-bond acceptors (Lipinski definition) is 4. The van der Waals surface area contributed by atoms with Gasteiger partial charge in [0.05, 0.1) is 18.1 Å². The topological polar surface area (TPSA) is 66.8 Å². The molecule has 0 aromatic heterocycles. The van der Waals surface area contributed by atoms with Crippen molar-refractivity contribution in [2.75, 3.05) is 20.3 Å². The summed E-state index contributed by atoms with van der Waals surface area (Å²) in [7, 11) is 1.51. The van der Waals surface area contributed by atoms with Gasteiger partial charge in [-0.05, 0) is 6.42 Å². The van der Waals surface area contributed by atoms with E-state index >= 15 is 0 Å². The minimum Gasteiger partial charge on any atom is -0.396 e. The van der Waals surface area contributed by atoms with Crippen LogP contribution in [0.4, 0.5) is 0 Å². The predicted octanol–water partition coefficient (Wildman–Crippen LogP) is 0.169. The molecule has 0 saturated carbocycles. The zero-order valence-electron chi connectivity index (χ0n) is 10.0.